The number of aromatic nitrogens is 1. The number of imide groups is 1. The lowest BCUT2D eigenvalue weighted by molar-refractivity contribution is -0.127. The van der Waals surface area contributed by atoms with Crippen molar-refractivity contribution >= 4 is 45.7 Å². The van der Waals surface area contributed by atoms with E-state index in [4.69, 9.17) is 5.73 Å². The van der Waals surface area contributed by atoms with Crippen LogP contribution in [0.1, 0.15) is 17.0 Å². The Kier molecular flexibility index (Phi) is 4.76. The van der Waals surface area contributed by atoms with E-state index in [1.807, 2.05) is 32.0 Å². The molecule has 7 heteroatoms. The molecule has 29 heavy (non-hydrogen) atoms. The highest BCUT2D eigenvalue weighted by Gasteiger charge is 2.36. The van der Waals surface area contributed by atoms with E-state index in [0.717, 1.165) is 44.7 Å². The predicted octanol–water partition coefficient (Wildman–Crippen LogP) is 3.77. The standard InChI is InChI=1S/C22H19N3O3S/c1-13-9-17(11-19-21(27)24(12-20(23)26)22(28)29-19)14(2)25(13)18-8-7-15-5-3-4-6-16(15)10-18/h3-11H,12H2,1-2H3,(H2,23,26)/b19-11-. The van der Waals surface area contributed by atoms with E-state index in [0.29, 0.717) is 0 Å². The molecule has 1 aromatic heterocycles. The summed E-state index contributed by atoms with van der Waals surface area (Å²) in [5.74, 6) is -1.21. The molecule has 3 aromatic rings. The monoisotopic (exact) mass is 405 g/mol. The largest absolute Gasteiger partial charge is 0.368 e. The molecule has 0 atom stereocenters. The number of thioether (sulfide) groups is 1. The lowest BCUT2D eigenvalue weighted by Gasteiger charge is -2.11. The van der Waals surface area contributed by atoms with Crippen LogP contribution in [-0.4, -0.2) is 33.1 Å². The normalized spacial score (nSPS) is 15.7. The maximum atomic E-state index is 12.5. The van der Waals surface area contributed by atoms with Crippen LogP contribution in [0.25, 0.3) is 22.5 Å². The average molecular weight is 405 g/mol. The zero-order valence-corrected chi connectivity index (χ0v) is 16.8. The molecule has 0 aliphatic carbocycles. The first-order chi connectivity index (χ1) is 13.8. The maximum absolute atomic E-state index is 12.5. The summed E-state index contributed by atoms with van der Waals surface area (Å²) in [6.45, 7) is 3.57. The molecule has 1 aliphatic rings. The first-order valence-electron chi connectivity index (χ1n) is 9.07. The molecule has 0 saturated carbocycles. The second-order valence-electron chi connectivity index (χ2n) is 6.93. The molecule has 2 aromatic carbocycles. The molecular weight excluding hydrogens is 386 g/mol. The summed E-state index contributed by atoms with van der Waals surface area (Å²) in [5.41, 5.74) is 8.98. The number of aryl methyl sites for hydroxylation is 1. The molecule has 146 valence electrons. The van der Waals surface area contributed by atoms with Gasteiger partial charge >= 0.3 is 0 Å². The van der Waals surface area contributed by atoms with Crippen LogP contribution in [0.4, 0.5) is 4.79 Å². The van der Waals surface area contributed by atoms with Crippen LogP contribution in [-0.2, 0) is 9.59 Å². The number of rotatable bonds is 4. The van der Waals surface area contributed by atoms with Gasteiger partial charge in [-0.1, -0.05) is 30.3 Å². The first-order valence-corrected chi connectivity index (χ1v) is 9.88. The van der Waals surface area contributed by atoms with E-state index in [2.05, 4.69) is 34.9 Å². The van der Waals surface area contributed by atoms with Gasteiger partial charge in [0.2, 0.25) is 5.91 Å². The van der Waals surface area contributed by atoms with Crippen molar-refractivity contribution in [2.45, 2.75) is 13.8 Å². The summed E-state index contributed by atoms with van der Waals surface area (Å²) >= 11 is 0.822. The Balaban J connectivity index is 1.72. The molecule has 1 aliphatic heterocycles. The third-order valence-electron chi connectivity index (χ3n) is 4.94. The number of amides is 3. The number of nitrogens with zero attached hydrogens (tertiary/aromatic N) is 2. The molecule has 0 spiro atoms. The highest BCUT2D eigenvalue weighted by atomic mass is 32.2. The maximum Gasteiger partial charge on any atom is 0.294 e. The fourth-order valence-electron chi connectivity index (χ4n) is 3.58. The van der Waals surface area contributed by atoms with Gasteiger partial charge in [-0.05, 0) is 66.2 Å². The van der Waals surface area contributed by atoms with E-state index in [-0.39, 0.29) is 4.91 Å². The Morgan fingerprint density at radius 1 is 1.07 bits per heavy atom. The summed E-state index contributed by atoms with van der Waals surface area (Å²) in [5, 5.41) is 1.83. The van der Waals surface area contributed by atoms with Gasteiger partial charge in [-0.3, -0.25) is 19.3 Å². The van der Waals surface area contributed by atoms with Crippen LogP contribution >= 0.6 is 11.8 Å². The second kappa shape index (κ2) is 7.25. The van der Waals surface area contributed by atoms with Crippen LogP contribution in [0.2, 0.25) is 0 Å². The van der Waals surface area contributed by atoms with Gasteiger partial charge in [0.25, 0.3) is 11.1 Å². The van der Waals surface area contributed by atoms with E-state index in [9.17, 15) is 14.4 Å². The Morgan fingerprint density at radius 2 is 1.79 bits per heavy atom. The van der Waals surface area contributed by atoms with Gasteiger partial charge in [0.1, 0.15) is 6.54 Å². The quantitative estimate of drug-likeness (QED) is 0.670. The Morgan fingerprint density at radius 3 is 2.52 bits per heavy atom. The Bertz CT molecular complexity index is 1210. The van der Waals surface area contributed by atoms with Crippen LogP contribution in [0.15, 0.2) is 53.4 Å². The van der Waals surface area contributed by atoms with Gasteiger partial charge < -0.3 is 10.3 Å². The zero-order chi connectivity index (χ0) is 20.7. The second-order valence-corrected chi connectivity index (χ2v) is 7.92. The van der Waals surface area contributed by atoms with Crippen molar-refractivity contribution in [2.24, 2.45) is 5.73 Å². The van der Waals surface area contributed by atoms with Gasteiger partial charge in [0.15, 0.2) is 0 Å². The molecule has 0 bridgehead atoms. The van der Waals surface area contributed by atoms with Gasteiger partial charge in [-0.25, -0.2) is 0 Å². The number of carbonyl (C=O) groups is 3. The predicted molar refractivity (Wildman–Crippen MR) is 115 cm³/mol. The number of hydrogen-bond acceptors (Lipinski definition) is 4. The van der Waals surface area contributed by atoms with Crippen LogP contribution in [0, 0.1) is 13.8 Å². The summed E-state index contributed by atoms with van der Waals surface area (Å²) in [7, 11) is 0. The minimum Gasteiger partial charge on any atom is -0.368 e. The lowest BCUT2D eigenvalue weighted by Crippen LogP contribution is -2.36. The van der Waals surface area contributed by atoms with Crippen LogP contribution in [0.5, 0.6) is 0 Å². The first kappa shape index (κ1) is 19.0. The van der Waals surface area contributed by atoms with E-state index in [1.165, 1.54) is 5.39 Å². The minimum atomic E-state index is -0.719. The molecule has 4 rings (SSSR count). The van der Waals surface area contributed by atoms with Gasteiger partial charge in [0, 0.05) is 17.1 Å². The van der Waals surface area contributed by atoms with Crippen LogP contribution < -0.4 is 5.73 Å². The SMILES string of the molecule is Cc1cc(/C=C2\SC(=O)N(CC(N)=O)C2=O)c(C)n1-c1ccc2ccccc2c1. The lowest BCUT2D eigenvalue weighted by atomic mass is 10.1. The molecule has 0 radical (unpaired) electrons. The summed E-state index contributed by atoms with van der Waals surface area (Å²) in [6.07, 6.45) is 1.70. The van der Waals surface area contributed by atoms with Crippen molar-refractivity contribution in [3.8, 4) is 5.69 Å². The third-order valence-corrected chi connectivity index (χ3v) is 5.84. The molecule has 3 amide bonds. The molecule has 2 N–H and O–H groups in total. The molecular formula is C22H19N3O3S. The number of nitrogens with two attached hydrogens (primary N) is 1. The van der Waals surface area contributed by atoms with Crippen molar-refractivity contribution in [1.29, 1.82) is 0 Å². The number of carbonyl (C=O) groups excluding carboxylic acids is 3. The number of fused-ring (bicyclic) bond motifs is 1. The van der Waals surface area contributed by atoms with Crippen molar-refractivity contribution in [3.63, 3.8) is 0 Å². The third kappa shape index (κ3) is 3.45. The zero-order valence-electron chi connectivity index (χ0n) is 16.0. The van der Waals surface area contributed by atoms with E-state index in [1.54, 1.807) is 6.08 Å². The number of hydrogen-bond donors (Lipinski definition) is 1. The highest BCUT2D eigenvalue weighted by molar-refractivity contribution is 8.18. The molecule has 6 nitrogen and oxygen atoms in total. The summed E-state index contributed by atoms with van der Waals surface area (Å²) in [4.78, 5) is 36.8. The minimum absolute atomic E-state index is 0.287. The van der Waals surface area contributed by atoms with Crippen molar-refractivity contribution in [2.75, 3.05) is 6.54 Å². The number of primary amides is 1. The topological polar surface area (TPSA) is 85.4 Å². The summed E-state index contributed by atoms with van der Waals surface area (Å²) in [6, 6.07) is 16.4. The Hall–Kier alpha value is -3.32. The Labute approximate surface area is 172 Å². The van der Waals surface area contributed by atoms with Crippen molar-refractivity contribution in [3.05, 3.63) is 70.4 Å². The highest BCUT2D eigenvalue weighted by Crippen LogP contribution is 2.33. The number of benzene rings is 2. The van der Waals surface area contributed by atoms with Gasteiger partial charge in [-0.2, -0.15) is 0 Å². The molecule has 0 unspecified atom stereocenters. The van der Waals surface area contributed by atoms with Gasteiger partial charge in [-0.15, -0.1) is 0 Å². The molecule has 1 saturated heterocycles. The van der Waals surface area contributed by atoms with Crippen LogP contribution in [0.3, 0.4) is 0 Å². The summed E-state index contributed by atoms with van der Waals surface area (Å²) < 4.78 is 2.12. The van der Waals surface area contributed by atoms with E-state index < -0.39 is 23.6 Å². The van der Waals surface area contributed by atoms with Crippen molar-refractivity contribution < 1.29 is 14.4 Å². The van der Waals surface area contributed by atoms with Crippen molar-refractivity contribution in [1.82, 2.24) is 9.47 Å². The van der Waals surface area contributed by atoms with E-state index >= 15 is 0 Å². The van der Waals surface area contributed by atoms with Gasteiger partial charge in [0.05, 0.1) is 4.91 Å². The molecule has 2 heterocycles. The average Bonchev–Trinajstić information content (AvgIpc) is 3.11. The smallest absolute Gasteiger partial charge is 0.294 e. The molecule has 1 fully saturated rings. The fraction of sp³-hybridized carbons (Fsp3) is 0.136. The fourth-order valence-corrected chi connectivity index (χ4v) is 4.41.